The molecule has 1 heterocycles. The molecule has 0 saturated heterocycles. The minimum Gasteiger partial charge on any atom is -0.379 e. The molecule has 6 heteroatoms. The molecule has 0 saturated carbocycles. The fourth-order valence-corrected chi connectivity index (χ4v) is 3.68. The molecule has 4 aromatic rings. The van der Waals surface area contributed by atoms with Gasteiger partial charge in [-0.1, -0.05) is 54.6 Å². The zero-order valence-corrected chi connectivity index (χ0v) is 19.5. The van der Waals surface area contributed by atoms with Crippen LogP contribution in [0.1, 0.15) is 28.4 Å². The summed E-state index contributed by atoms with van der Waals surface area (Å²) in [5.41, 5.74) is 5.72. The van der Waals surface area contributed by atoms with E-state index in [9.17, 15) is 4.79 Å². The first-order valence-electron chi connectivity index (χ1n) is 11.4. The van der Waals surface area contributed by atoms with Crippen LogP contribution >= 0.6 is 0 Å². The molecule has 0 aliphatic rings. The van der Waals surface area contributed by atoms with Crippen molar-refractivity contribution in [3.05, 3.63) is 102 Å². The van der Waals surface area contributed by atoms with E-state index in [1.54, 1.807) is 10.9 Å². The Kier molecular flexibility index (Phi) is 7.86. The number of carbonyl (C=O) groups is 1. The topological polar surface area (TPSA) is 65.4 Å². The van der Waals surface area contributed by atoms with E-state index in [0.717, 1.165) is 22.4 Å². The standard InChI is InChI=1S/C28H29N3O3/c1-3-33-16-17-34-20-22-11-9-12-23(18-22)29-28(32)26-19-31(24-13-5-4-6-14-24)30-27(26)25-15-8-7-10-21(25)2/h4-15,18-19H,3,16-17,20H2,1-2H3,(H,29,32). The number of hydrogen-bond donors (Lipinski definition) is 1. The van der Waals surface area contributed by atoms with Gasteiger partial charge in [-0.05, 0) is 49.2 Å². The van der Waals surface area contributed by atoms with Gasteiger partial charge in [-0.25, -0.2) is 4.68 Å². The average molecular weight is 456 g/mol. The van der Waals surface area contributed by atoms with Gasteiger partial charge in [0.25, 0.3) is 5.91 Å². The lowest BCUT2D eigenvalue weighted by molar-refractivity contribution is 0.0453. The van der Waals surface area contributed by atoms with Crippen LogP contribution in [0.25, 0.3) is 16.9 Å². The van der Waals surface area contributed by atoms with E-state index in [4.69, 9.17) is 14.6 Å². The maximum absolute atomic E-state index is 13.4. The number of anilines is 1. The van der Waals surface area contributed by atoms with Gasteiger partial charge in [0, 0.05) is 24.1 Å². The normalized spacial score (nSPS) is 10.9. The summed E-state index contributed by atoms with van der Waals surface area (Å²) in [5, 5.41) is 7.81. The number of ether oxygens (including phenoxy) is 2. The number of benzene rings is 3. The molecule has 0 unspecified atom stereocenters. The van der Waals surface area contributed by atoms with Gasteiger partial charge in [0.2, 0.25) is 0 Å². The third-order valence-corrected chi connectivity index (χ3v) is 5.41. The second-order valence-electron chi connectivity index (χ2n) is 7.89. The van der Waals surface area contributed by atoms with Crippen molar-refractivity contribution in [2.75, 3.05) is 25.1 Å². The number of aryl methyl sites for hydroxylation is 1. The van der Waals surface area contributed by atoms with Gasteiger partial charge in [-0.3, -0.25) is 4.79 Å². The van der Waals surface area contributed by atoms with Crippen LogP contribution in [0.5, 0.6) is 0 Å². The molecule has 0 atom stereocenters. The quantitative estimate of drug-likeness (QED) is 0.314. The average Bonchev–Trinajstić information content (AvgIpc) is 3.30. The number of carbonyl (C=O) groups excluding carboxylic acids is 1. The summed E-state index contributed by atoms with van der Waals surface area (Å²) in [6.07, 6.45) is 1.78. The summed E-state index contributed by atoms with van der Waals surface area (Å²) < 4.78 is 12.7. The Bertz CT molecular complexity index is 1230. The second kappa shape index (κ2) is 11.4. The number of rotatable bonds is 10. The molecule has 34 heavy (non-hydrogen) atoms. The lowest BCUT2D eigenvalue weighted by Crippen LogP contribution is -2.13. The maximum Gasteiger partial charge on any atom is 0.259 e. The van der Waals surface area contributed by atoms with Crippen LogP contribution in [-0.4, -0.2) is 35.5 Å². The molecule has 0 bridgehead atoms. The SMILES string of the molecule is CCOCCOCc1cccc(NC(=O)c2cn(-c3ccccc3)nc2-c2ccccc2C)c1. The maximum atomic E-state index is 13.4. The summed E-state index contributed by atoms with van der Waals surface area (Å²) in [4.78, 5) is 13.4. The lowest BCUT2D eigenvalue weighted by Gasteiger charge is -2.09. The lowest BCUT2D eigenvalue weighted by atomic mass is 10.0. The summed E-state index contributed by atoms with van der Waals surface area (Å²) in [6.45, 7) is 6.21. The van der Waals surface area contributed by atoms with Gasteiger partial charge in [0.1, 0.15) is 5.69 Å². The molecule has 0 radical (unpaired) electrons. The van der Waals surface area contributed by atoms with Crippen molar-refractivity contribution in [2.45, 2.75) is 20.5 Å². The van der Waals surface area contributed by atoms with E-state index in [2.05, 4.69) is 5.32 Å². The predicted octanol–water partition coefficient (Wildman–Crippen LogP) is 5.65. The van der Waals surface area contributed by atoms with Crippen molar-refractivity contribution >= 4 is 11.6 Å². The molecule has 1 N–H and O–H groups in total. The van der Waals surface area contributed by atoms with E-state index in [1.165, 1.54) is 0 Å². The molecule has 0 aliphatic carbocycles. The number of amides is 1. The van der Waals surface area contributed by atoms with Crippen molar-refractivity contribution < 1.29 is 14.3 Å². The van der Waals surface area contributed by atoms with E-state index in [-0.39, 0.29) is 5.91 Å². The molecule has 3 aromatic carbocycles. The monoisotopic (exact) mass is 455 g/mol. The summed E-state index contributed by atoms with van der Waals surface area (Å²) in [5.74, 6) is -0.213. The van der Waals surface area contributed by atoms with Crippen molar-refractivity contribution in [3.8, 4) is 16.9 Å². The number of hydrogen-bond acceptors (Lipinski definition) is 4. The van der Waals surface area contributed by atoms with E-state index < -0.39 is 0 Å². The predicted molar refractivity (Wildman–Crippen MR) is 134 cm³/mol. The van der Waals surface area contributed by atoms with Crippen LogP contribution in [-0.2, 0) is 16.1 Å². The highest BCUT2D eigenvalue weighted by Crippen LogP contribution is 2.27. The van der Waals surface area contributed by atoms with Crippen molar-refractivity contribution in [2.24, 2.45) is 0 Å². The second-order valence-corrected chi connectivity index (χ2v) is 7.89. The van der Waals surface area contributed by atoms with Crippen molar-refractivity contribution in [3.63, 3.8) is 0 Å². The Morgan fingerprint density at radius 3 is 2.50 bits per heavy atom. The van der Waals surface area contributed by atoms with Gasteiger partial charge in [0.15, 0.2) is 0 Å². The number of para-hydroxylation sites is 1. The van der Waals surface area contributed by atoms with Crippen molar-refractivity contribution in [1.82, 2.24) is 9.78 Å². The highest BCUT2D eigenvalue weighted by Gasteiger charge is 2.20. The van der Waals surface area contributed by atoms with E-state index in [0.29, 0.717) is 43.4 Å². The van der Waals surface area contributed by atoms with Crippen LogP contribution in [0, 0.1) is 6.92 Å². The molecule has 0 fully saturated rings. The van der Waals surface area contributed by atoms with Gasteiger partial charge in [-0.2, -0.15) is 5.10 Å². The Morgan fingerprint density at radius 2 is 1.71 bits per heavy atom. The molecular weight excluding hydrogens is 426 g/mol. The summed E-state index contributed by atoms with van der Waals surface area (Å²) >= 11 is 0. The number of nitrogens with one attached hydrogen (secondary N) is 1. The smallest absolute Gasteiger partial charge is 0.259 e. The van der Waals surface area contributed by atoms with Crippen molar-refractivity contribution in [1.29, 1.82) is 0 Å². The Balaban J connectivity index is 1.58. The highest BCUT2D eigenvalue weighted by molar-refractivity contribution is 6.08. The first-order valence-corrected chi connectivity index (χ1v) is 11.4. The molecule has 0 aliphatic heterocycles. The zero-order valence-electron chi connectivity index (χ0n) is 19.5. The molecule has 174 valence electrons. The molecule has 1 aromatic heterocycles. The van der Waals surface area contributed by atoms with E-state index >= 15 is 0 Å². The number of nitrogens with zero attached hydrogens (tertiary/aromatic N) is 2. The first kappa shape index (κ1) is 23.4. The Labute approximate surface area is 200 Å². The zero-order chi connectivity index (χ0) is 23.8. The third kappa shape index (κ3) is 5.78. The number of aromatic nitrogens is 2. The van der Waals surface area contributed by atoms with Crippen LogP contribution in [0.2, 0.25) is 0 Å². The third-order valence-electron chi connectivity index (χ3n) is 5.41. The molecule has 4 rings (SSSR count). The fraction of sp³-hybridized carbons (Fsp3) is 0.214. The minimum absolute atomic E-state index is 0.213. The van der Waals surface area contributed by atoms with Gasteiger partial charge < -0.3 is 14.8 Å². The van der Waals surface area contributed by atoms with Gasteiger partial charge >= 0.3 is 0 Å². The van der Waals surface area contributed by atoms with Crippen LogP contribution in [0.3, 0.4) is 0 Å². The largest absolute Gasteiger partial charge is 0.379 e. The van der Waals surface area contributed by atoms with Crippen LogP contribution in [0.15, 0.2) is 85.1 Å². The minimum atomic E-state index is -0.213. The first-order chi connectivity index (χ1) is 16.7. The van der Waals surface area contributed by atoms with Crippen LogP contribution < -0.4 is 5.32 Å². The molecule has 0 spiro atoms. The van der Waals surface area contributed by atoms with E-state index in [1.807, 2.05) is 92.7 Å². The summed E-state index contributed by atoms with van der Waals surface area (Å²) in [6, 6.07) is 25.4. The highest BCUT2D eigenvalue weighted by atomic mass is 16.5. The molecular formula is C28H29N3O3. The Hall–Kier alpha value is -3.74. The summed E-state index contributed by atoms with van der Waals surface area (Å²) in [7, 11) is 0. The van der Waals surface area contributed by atoms with Gasteiger partial charge in [-0.15, -0.1) is 0 Å². The molecule has 1 amide bonds. The molecule has 6 nitrogen and oxygen atoms in total. The van der Waals surface area contributed by atoms with Crippen LogP contribution in [0.4, 0.5) is 5.69 Å². The van der Waals surface area contributed by atoms with Gasteiger partial charge in [0.05, 0.1) is 31.1 Å². The fourth-order valence-electron chi connectivity index (χ4n) is 3.68. The Morgan fingerprint density at radius 1 is 0.941 bits per heavy atom.